The molecule has 0 unspecified atom stereocenters. The molecule has 0 atom stereocenters. The standard InChI is InChI=1S/C18H16ClNO4/c19-14-7-5-13(6-8-14)17-11-20-18(24-17)12-23-16-4-2-1-3-15(16)22-10-9-21/h1-8,11,21H,9-10,12H2. The summed E-state index contributed by atoms with van der Waals surface area (Å²) in [6.07, 6.45) is 1.65. The van der Waals surface area contributed by atoms with Crippen molar-refractivity contribution in [1.82, 2.24) is 4.98 Å². The van der Waals surface area contributed by atoms with E-state index in [1.165, 1.54) is 0 Å². The van der Waals surface area contributed by atoms with Crippen LogP contribution in [0, 0.1) is 0 Å². The fourth-order valence-corrected chi connectivity index (χ4v) is 2.23. The van der Waals surface area contributed by atoms with Gasteiger partial charge >= 0.3 is 0 Å². The number of halogens is 1. The summed E-state index contributed by atoms with van der Waals surface area (Å²) in [5.74, 6) is 2.24. The minimum absolute atomic E-state index is 0.0570. The van der Waals surface area contributed by atoms with Crippen molar-refractivity contribution in [1.29, 1.82) is 0 Å². The first kappa shape index (κ1) is 16.4. The molecule has 1 aromatic heterocycles. The van der Waals surface area contributed by atoms with E-state index in [4.69, 9.17) is 30.6 Å². The Morgan fingerprint density at radius 1 is 1.00 bits per heavy atom. The van der Waals surface area contributed by atoms with Gasteiger partial charge in [-0.25, -0.2) is 4.98 Å². The monoisotopic (exact) mass is 345 g/mol. The quantitative estimate of drug-likeness (QED) is 0.702. The number of hydrogen-bond acceptors (Lipinski definition) is 5. The Bertz CT molecular complexity index is 786. The van der Waals surface area contributed by atoms with Gasteiger partial charge in [0.05, 0.1) is 12.8 Å². The summed E-state index contributed by atoms with van der Waals surface area (Å²) in [5.41, 5.74) is 0.893. The molecule has 0 radical (unpaired) electrons. The molecule has 3 aromatic rings. The van der Waals surface area contributed by atoms with Crippen LogP contribution in [0.5, 0.6) is 11.5 Å². The van der Waals surface area contributed by atoms with E-state index in [-0.39, 0.29) is 19.8 Å². The van der Waals surface area contributed by atoms with E-state index in [1.54, 1.807) is 30.5 Å². The molecule has 0 bridgehead atoms. The first-order valence-corrected chi connectivity index (χ1v) is 7.80. The molecule has 3 rings (SSSR count). The van der Waals surface area contributed by atoms with Gasteiger partial charge in [-0.05, 0) is 36.4 Å². The molecule has 124 valence electrons. The SMILES string of the molecule is OCCOc1ccccc1OCc1ncc(-c2ccc(Cl)cc2)o1. The van der Waals surface area contributed by atoms with Crippen LogP contribution in [0.4, 0.5) is 0 Å². The van der Waals surface area contributed by atoms with Crippen molar-refractivity contribution in [2.45, 2.75) is 6.61 Å². The molecule has 2 aromatic carbocycles. The van der Waals surface area contributed by atoms with E-state index in [9.17, 15) is 0 Å². The van der Waals surface area contributed by atoms with Crippen LogP contribution in [0.3, 0.4) is 0 Å². The lowest BCUT2D eigenvalue weighted by Gasteiger charge is -2.10. The van der Waals surface area contributed by atoms with Crippen molar-refractivity contribution in [3.8, 4) is 22.8 Å². The minimum Gasteiger partial charge on any atom is -0.487 e. The average Bonchev–Trinajstić information content (AvgIpc) is 3.08. The lowest BCUT2D eigenvalue weighted by Crippen LogP contribution is -2.04. The minimum atomic E-state index is -0.0570. The maximum atomic E-state index is 8.86. The normalized spacial score (nSPS) is 10.6. The van der Waals surface area contributed by atoms with Crippen LogP contribution in [0.25, 0.3) is 11.3 Å². The van der Waals surface area contributed by atoms with Crippen LogP contribution < -0.4 is 9.47 Å². The summed E-state index contributed by atoms with van der Waals surface area (Å²) < 4.78 is 16.8. The van der Waals surface area contributed by atoms with E-state index in [1.807, 2.05) is 24.3 Å². The molecule has 0 aliphatic heterocycles. The van der Waals surface area contributed by atoms with Crippen LogP contribution in [0.1, 0.15) is 5.89 Å². The average molecular weight is 346 g/mol. The number of ether oxygens (including phenoxy) is 2. The molecule has 24 heavy (non-hydrogen) atoms. The molecule has 0 amide bonds. The Kier molecular flexibility index (Phi) is 5.36. The van der Waals surface area contributed by atoms with E-state index >= 15 is 0 Å². The molecule has 6 heteroatoms. The van der Waals surface area contributed by atoms with Gasteiger partial charge in [-0.3, -0.25) is 0 Å². The summed E-state index contributed by atoms with van der Waals surface area (Å²) in [6.45, 7) is 0.325. The molecule has 5 nitrogen and oxygen atoms in total. The second kappa shape index (κ2) is 7.86. The van der Waals surface area contributed by atoms with Gasteiger partial charge < -0.3 is 19.0 Å². The molecule has 0 aliphatic carbocycles. The van der Waals surface area contributed by atoms with Crippen LogP contribution in [0.15, 0.2) is 59.1 Å². The van der Waals surface area contributed by atoms with Gasteiger partial charge in [-0.1, -0.05) is 23.7 Å². The molecule has 0 fully saturated rings. The summed E-state index contributed by atoms with van der Waals surface area (Å²) in [7, 11) is 0. The van der Waals surface area contributed by atoms with Crippen LogP contribution in [-0.4, -0.2) is 23.3 Å². The van der Waals surface area contributed by atoms with Crippen LogP contribution in [-0.2, 0) is 6.61 Å². The van der Waals surface area contributed by atoms with Gasteiger partial charge in [-0.15, -0.1) is 0 Å². The highest BCUT2D eigenvalue weighted by atomic mass is 35.5. The van der Waals surface area contributed by atoms with Gasteiger partial charge in [0.2, 0.25) is 5.89 Å². The van der Waals surface area contributed by atoms with Crippen LogP contribution >= 0.6 is 11.6 Å². The lowest BCUT2D eigenvalue weighted by atomic mass is 10.2. The number of aliphatic hydroxyl groups excluding tert-OH is 1. The summed E-state index contributed by atoms with van der Waals surface area (Å²) >= 11 is 5.88. The van der Waals surface area contributed by atoms with E-state index in [0.29, 0.717) is 28.2 Å². The predicted octanol–water partition coefficient (Wildman–Crippen LogP) is 3.95. The fourth-order valence-electron chi connectivity index (χ4n) is 2.11. The molecule has 0 saturated heterocycles. The van der Waals surface area contributed by atoms with Crippen molar-refractivity contribution in [3.63, 3.8) is 0 Å². The topological polar surface area (TPSA) is 64.7 Å². The zero-order valence-electron chi connectivity index (χ0n) is 12.8. The number of aliphatic hydroxyl groups is 1. The highest BCUT2D eigenvalue weighted by Gasteiger charge is 2.09. The molecule has 1 heterocycles. The summed E-state index contributed by atoms with van der Waals surface area (Å²) in [5, 5.41) is 9.52. The van der Waals surface area contributed by atoms with Gasteiger partial charge in [0, 0.05) is 10.6 Å². The Hall–Kier alpha value is -2.50. The van der Waals surface area contributed by atoms with Gasteiger partial charge in [0.1, 0.15) is 6.61 Å². The Morgan fingerprint density at radius 3 is 2.42 bits per heavy atom. The second-order valence-corrected chi connectivity index (χ2v) is 5.37. The van der Waals surface area contributed by atoms with Gasteiger partial charge in [-0.2, -0.15) is 0 Å². The third kappa shape index (κ3) is 4.07. The highest BCUT2D eigenvalue weighted by Crippen LogP contribution is 2.28. The Labute approximate surface area is 144 Å². The molecular formula is C18H16ClNO4. The first-order chi connectivity index (χ1) is 11.8. The largest absolute Gasteiger partial charge is 0.487 e. The third-order valence-electron chi connectivity index (χ3n) is 3.23. The number of oxazole rings is 1. The second-order valence-electron chi connectivity index (χ2n) is 4.93. The van der Waals surface area contributed by atoms with E-state index < -0.39 is 0 Å². The predicted molar refractivity (Wildman–Crippen MR) is 90.3 cm³/mol. The maximum Gasteiger partial charge on any atom is 0.232 e. The Balaban J connectivity index is 1.66. The van der Waals surface area contributed by atoms with Crippen molar-refractivity contribution in [2.24, 2.45) is 0 Å². The Morgan fingerprint density at radius 2 is 1.71 bits per heavy atom. The number of rotatable bonds is 7. The number of aromatic nitrogens is 1. The number of para-hydroxylation sites is 2. The van der Waals surface area contributed by atoms with Crippen molar-refractivity contribution in [3.05, 3.63) is 65.6 Å². The molecule has 1 N–H and O–H groups in total. The number of nitrogens with zero attached hydrogens (tertiary/aromatic N) is 1. The van der Waals surface area contributed by atoms with E-state index in [2.05, 4.69) is 4.98 Å². The third-order valence-corrected chi connectivity index (χ3v) is 3.48. The molecule has 0 spiro atoms. The zero-order valence-corrected chi connectivity index (χ0v) is 13.6. The zero-order chi connectivity index (χ0) is 16.8. The lowest BCUT2D eigenvalue weighted by molar-refractivity contribution is 0.189. The summed E-state index contributed by atoms with van der Waals surface area (Å²) in [6, 6.07) is 14.6. The van der Waals surface area contributed by atoms with Gasteiger partial charge in [0.25, 0.3) is 0 Å². The fraction of sp³-hybridized carbons (Fsp3) is 0.167. The van der Waals surface area contributed by atoms with Crippen molar-refractivity contribution >= 4 is 11.6 Å². The van der Waals surface area contributed by atoms with E-state index in [0.717, 1.165) is 5.56 Å². The number of hydrogen-bond donors (Lipinski definition) is 1. The van der Waals surface area contributed by atoms with Crippen molar-refractivity contribution in [2.75, 3.05) is 13.2 Å². The highest BCUT2D eigenvalue weighted by molar-refractivity contribution is 6.30. The number of benzene rings is 2. The molecule has 0 aliphatic rings. The maximum absolute atomic E-state index is 8.86. The summed E-state index contributed by atoms with van der Waals surface area (Å²) in [4.78, 5) is 4.22. The van der Waals surface area contributed by atoms with Gasteiger partial charge in [0.15, 0.2) is 23.9 Å². The molecular weight excluding hydrogens is 330 g/mol. The first-order valence-electron chi connectivity index (χ1n) is 7.42. The smallest absolute Gasteiger partial charge is 0.232 e. The van der Waals surface area contributed by atoms with Crippen LogP contribution in [0.2, 0.25) is 5.02 Å². The molecule has 0 saturated carbocycles. The van der Waals surface area contributed by atoms with Crippen molar-refractivity contribution < 1.29 is 19.0 Å².